The van der Waals surface area contributed by atoms with E-state index in [1.165, 1.54) is 11.9 Å². The number of fused-ring (bicyclic) bond motifs is 3. The van der Waals surface area contributed by atoms with E-state index < -0.39 is 41.5 Å². The molecule has 3 aromatic rings. The van der Waals surface area contributed by atoms with E-state index in [0.29, 0.717) is 27.8 Å². The van der Waals surface area contributed by atoms with Crippen LogP contribution >= 0.6 is 0 Å². The van der Waals surface area contributed by atoms with Gasteiger partial charge in [-0.3, -0.25) is 0 Å². The SMILES string of the molecule is CNc1nc2c(c3cc(F)c(F)cc13)[C@H](N(C)C(=O)Nc1ccc(F)c(C(F)F)c1)COC2. The van der Waals surface area contributed by atoms with Crippen molar-refractivity contribution >= 4 is 28.3 Å². The number of anilines is 2. The first kappa shape index (κ1) is 22.7. The summed E-state index contributed by atoms with van der Waals surface area (Å²) in [6.07, 6.45) is -3.05. The van der Waals surface area contributed by atoms with E-state index in [0.717, 1.165) is 30.3 Å². The van der Waals surface area contributed by atoms with Crippen LogP contribution in [0.25, 0.3) is 10.8 Å². The predicted molar refractivity (Wildman–Crippen MR) is 112 cm³/mol. The second kappa shape index (κ2) is 8.81. The van der Waals surface area contributed by atoms with Gasteiger partial charge in [-0.15, -0.1) is 0 Å². The Morgan fingerprint density at radius 3 is 2.48 bits per heavy atom. The predicted octanol–water partition coefficient (Wildman–Crippen LogP) is 5.37. The first-order chi connectivity index (χ1) is 15.7. The first-order valence-electron chi connectivity index (χ1n) is 9.89. The zero-order chi connectivity index (χ0) is 23.9. The number of ether oxygens (including phenoxy) is 1. The number of nitrogens with zero attached hydrogens (tertiary/aromatic N) is 2. The molecule has 0 aliphatic carbocycles. The second-order valence-electron chi connectivity index (χ2n) is 7.49. The number of nitrogens with one attached hydrogen (secondary N) is 2. The number of likely N-dealkylation sites (N-methyl/N-ethyl adjacent to an activating group) is 1. The van der Waals surface area contributed by atoms with Crippen molar-refractivity contribution < 1.29 is 31.5 Å². The number of carbonyl (C=O) groups is 1. The third-order valence-electron chi connectivity index (χ3n) is 5.52. The van der Waals surface area contributed by atoms with E-state index in [1.54, 1.807) is 7.05 Å². The number of alkyl halides is 2. The minimum Gasteiger partial charge on any atom is -0.373 e. The number of rotatable bonds is 4. The Morgan fingerprint density at radius 1 is 1.12 bits per heavy atom. The maximum atomic E-state index is 14.1. The summed E-state index contributed by atoms with van der Waals surface area (Å²) in [5.41, 5.74) is 0.0610. The average Bonchev–Trinajstić information content (AvgIpc) is 2.79. The van der Waals surface area contributed by atoms with E-state index in [-0.39, 0.29) is 18.9 Å². The zero-order valence-corrected chi connectivity index (χ0v) is 17.6. The molecule has 174 valence electrons. The molecule has 0 radical (unpaired) electrons. The average molecular weight is 466 g/mol. The Morgan fingerprint density at radius 2 is 1.82 bits per heavy atom. The number of urea groups is 1. The van der Waals surface area contributed by atoms with E-state index in [2.05, 4.69) is 15.6 Å². The van der Waals surface area contributed by atoms with Gasteiger partial charge < -0.3 is 20.3 Å². The minimum absolute atomic E-state index is 0.0258. The molecule has 0 unspecified atom stereocenters. The number of halogens is 5. The summed E-state index contributed by atoms with van der Waals surface area (Å²) in [7, 11) is 3.03. The molecule has 0 fully saturated rings. The van der Waals surface area contributed by atoms with Crippen LogP contribution in [0.15, 0.2) is 30.3 Å². The summed E-state index contributed by atoms with van der Waals surface area (Å²) in [5.74, 6) is -2.86. The smallest absolute Gasteiger partial charge is 0.322 e. The highest BCUT2D eigenvalue weighted by Crippen LogP contribution is 2.38. The number of carbonyl (C=O) groups excluding carboxylic acids is 1. The van der Waals surface area contributed by atoms with E-state index in [4.69, 9.17) is 4.74 Å². The number of hydrogen-bond acceptors (Lipinski definition) is 4. The minimum atomic E-state index is -3.05. The summed E-state index contributed by atoms with van der Waals surface area (Å²) in [4.78, 5) is 18.6. The number of pyridine rings is 1. The molecule has 0 saturated heterocycles. The highest BCUT2D eigenvalue weighted by molar-refractivity contribution is 5.96. The number of benzene rings is 2. The lowest BCUT2D eigenvalue weighted by atomic mass is 9.95. The number of amides is 2. The Labute approximate surface area is 185 Å². The van der Waals surface area contributed by atoms with Gasteiger partial charge in [-0.05, 0) is 35.7 Å². The van der Waals surface area contributed by atoms with Crippen LogP contribution in [0.1, 0.15) is 29.3 Å². The van der Waals surface area contributed by atoms with Crippen molar-refractivity contribution in [3.05, 3.63) is 64.6 Å². The lowest BCUT2D eigenvalue weighted by Gasteiger charge is -2.34. The molecule has 2 N–H and O–H groups in total. The Bertz CT molecular complexity index is 1240. The van der Waals surface area contributed by atoms with Crippen molar-refractivity contribution in [1.29, 1.82) is 0 Å². The molecule has 1 aromatic heterocycles. The number of aromatic nitrogens is 1. The van der Waals surface area contributed by atoms with Gasteiger partial charge in [-0.25, -0.2) is 31.7 Å². The summed E-state index contributed by atoms with van der Waals surface area (Å²) in [5, 5.41) is 5.98. The molecular formula is C22H19F5N4O2. The third kappa shape index (κ3) is 4.15. The zero-order valence-electron chi connectivity index (χ0n) is 17.6. The van der Waals surface area contributed by atoms with Crippen molar-refractivity contribution in [3.8, 4) is 0 Å². The molecule has 1 atom stereocenters. The molecule has 1 aliphatic rings. The van der Waals surface area contributed by atoms with Crippen molar-refractivity contribution in [2.45, 2.75) is 19.1 Å². The molecule has 2 aromatic carbocycles. The van der Waals surface area contributed by atoms with Crippen LogP contribution in [0.2, 0.25) is 0 Å². The summed E-state index contributed by atoms with van der Waals surface area (Å²) >= 11 is 0. The Kier molecular flexibility index (Phi) is 6.07. The molecule has 4 rings (SSSR count). The third-order valence-corrected chi connectivity index (χ3v) is 5.52. The van der Waals surface area contributed by atoms with E-state index >= 15 is 0 Å². The molecular weight excluding hydrogens is 447 g/mol. The summed E-state index contributed by atoms with van der Waals surface area (Å²) in [6, 6.07) is 3.49. The van der Waals surface area contributed by atoms with Crippen molar-refractivity contribution in [3.63, 3.8) is 0 Å². The molecule has 11 heteroatoms. The molecule has 2 heterocycles. The topological polar surface area (TPSA) is 66.5 Å². The van der Waals surface area contributed by atoms with Crippen molar-refractivity contribution in [2.24, 2.45) is 0 Å². The van der Waals surface area contributed by atoms with Crippen LogP contribution < -0.4 is 10.6 Å². The second-order valence-corrected chi connectivity index (χ2v) is 7.49. The Balaban J connectivity index is 1.71. The van der Waals surface area contributed by atoms with Crippen LogP contribution in [0.3, 0.4) is 0 Å². The molecule has 33 heavy (non-hydrogen) atoms. The van der Waals surface area contributed by atoms with Crippen LogP contribution in [-0.4, -0.2) is 36.6 Å². The monoisotopic (exact) mass is 466 g/mol. The lowest BCUT2D eigenvalue weighted by molar-refractivity contribution is 0.0529. The highest BCUT2D eigenvalue weighted by atomic mass is 19.3. The van der Waals surface area contributed by atoms with E-state index in [9.17, 15) is 26.7 Å². The van der Waals surface area contributed by atoms with Gasteiger partial charge in [0.15, 0.2) is 11.6 Å². The molecule has 0 bridgehead atoms. The van der Waals surface area contributed by atoms with Gasteiger partial charge >= 0.3 is 6.03 Å². The quantitative estimate of drug-likeness (QED) is 0.508. The van der Waals surface area contributed by atoms with Gasteiger partial charge in [-0.1, -0.05) is 0 Å². The van der Waals surface area contributed by atoms with Gasteiger partial charge in [0.1, 0.15) is 11.6 Å². The fraction of sp³-hybridized carbons (Fsp3) is 0.273. The Hall–Kier alpha value is -3.47. The molecule has 0 saturated carbocycles. The van der Waals surface area contributed by atoms with Crippen LogP contribution in [-0.2, 0) is 11.3 Å². The standard InChI is InChI=1S/C22H19F5N4O2/c1-28-21-12-7-16(25)15(24)6-11(12)19-17(30-21)8-33-9-18(19)31(2)22(32)29-10-3-4-14(23)13(5-10)20(26)27/h3-7,18,20H,8-9H2,1-2H3,(H,28,30)(H,29,32)/t18-/m1/s1. The molecule has 0 spiro atoms. The maximum Gasteiger partial charge on any atom is 0.322 e. The lowest BCUT2D eigenvalue weighted by Crippen LogP contribution is -2.39. The number of hydrogen-bond donors (Lipinski definition) is 2. The van der Waals surface area contributed by atoms with Gasteiger partial charge in [0, 0.05) is 30.7 Å². The largest absolute Gasteiger partial charge is 0.373 e. The molecule has 1 aliphatic heterocycles. The highest BCUT2D eigenvalue weighted by Gasteiger charge is 2.32. The van der Waals surface area contributed by atoms with Gasteiger partial charge in [0.05, 0.1) is 30.5 Å². The van der Waals surface area contributed by atoms with Gasteiger partial charge in [0.2, 0.25) is 0 Å². The van der Waals surface area contributed by atoms with Gasteiger partial charge in [0.25, 0.3) is 6.43 Å². The summed E-state index contributed by atoms with van der Waals surface area (Å²) < 4.78 is 73.2. The van der Waals surface area contributed by atoms with Crippen LogP contribution in [0.4, 0.5) is 38.3 Å². The molecule has 2 amide bonds. The summed E-state index contributed by atoms with van der Waals surface area (Å²) in [6.45, 7) is 0.137. The normalized spacial score (nSPS) is 15.5. The first-order valence-corrected chi connectivity index (χ1v) is 9.89. The van der Waals surface area contributed by atoms with Gasteiger partial charge in [-0.2, -0.15) is 0 Å². The maximum absolute atomic E-state index is 14.1. The van der Waals surface area contributed by atoms with Crippen LogP contribution in [0, 0.1) is 17.5 Å². The molecule has 6 nitrogen and oxygen atoms in total. The van der Waals surface area contributed by atoms with Crippen molar-refractivity contribution in [2.75, 3.05) is 31.3 Å². The fourth-order valence-electron chi connectivity index (χ4n) is 3.85. The fourth-order valence-corrected chi connectivity index (χ4v) is 3.85. The van der Waals surface area contributed by atoms with E-state index in [1.807, 2.05) is 0 Å². The van der Waals surface area contributed by atoms with Crippen LogP contribution in [0.5, 0.6) is 0 Å². The van der Waals surface area contributed by atoms with Crippen molar-refractivity contribution in [1.82, 2.24) is 9.88 Å².